The first-order valence-corrected chi connectivity index (χ1v) is 10.4. The van der Waals surface area contributed by atoms with Crippen LogP contribution in [-0.2, 0) is 10.2 Å². The largest absolute Gasteiger partial charge is 0.341 e. The predicted molar refractivity (Wildman–Crippen MR) is 118 cm³/mol. The number of carbonyl (C=O) groups excluding carboxylic acids is 2. The van der Waals surface area contributed by atoms with E-state index in [9.17, 15) is 9.59 Å². The first-order chi connectivity index (χ1) is 13.7. The SMILES string of the molecule is C[C@H](NC(=O)c1ccc(C(C)(C)C)cc1)C(=O)Nc1nc(-c2ccccc2)cs1. The molecule has 0 bridgehead atoms. The van der Waals surface area contributed by atoms with Gasteiger partial charge in [-0.2, -0.15) is 0 Å². The van der Waals surface area contributed by atoms with Gasteiger partial charge in [-0.05, 0) is 30.0 Å². The predicted octanol–water partition coefficient (Wildman–Crippen LogP) is 4.86. The molecule has 0 aliphatic carbocycles. The van der Waals surface area contributed by atoms with Crippen LogP contribution in [0.4, 0.5) is 5.13 Å². The van der Waals surface area contributed by atoms with Gasteiger partial charge in [0.25, 0.3) is 5.91 Å². The minimum Gasteiger partial charge on any atom is -0.341 e. The molecule has 2 aromatic carbocycles. The number of benzene rings is 2. The number of amides is 2. The average Bonchev–Trinajstić information content (AvgIpc) is 3.16. The summed E-state index contributed by atoms with van der Waals surface area (Å²) in [5, 5.41) is 7.91. The fourth-order valence-electron chi connectivity index (χ4n) is 2.75. The van der Waals surface area contributed by atoms with E-state index < -0.39 is 6.04 Å². The third kappa shape index (κ3) is 5.29. The van der Waals surface area contributed by atoms with Crippen LogP contribution in [0, 0.1) is 0 Å². The Labute approximate surface area is 175 Å². The second kappa shape index (κ2) is 8.57. The van der Waals surface area contributed by atoms with Crippen LogP contribution in [0.2, 0.25) is 0 Å². The Morgan fingerprint density at radius 1 is 1.00 bits per heavy atom. The van der Waals surface area contributed by atoms with E-state index in [2.05, 4.69) is 36.4 Å². The van der Waals surface area contributed by atoms with Gasteiger partial charge < -0.3 is 10.6 Å². The molecule has 0 radical (unpaired) electrons. The van der Waals surface area contributed by atoms with Gasteiger partial charge >= 0.3 is 0 Å². The van der Waals surface area contributed by atoms with Gasteiger partial charge in [0, 0.05) is 16.5 Å². The molecule has 150 valence electrons. The van der Waals surface area contributed by atoms with E-state index in [-0.39, 0.29) is 17.2 Å². The number of hydrogen-bond donors (Lipinski definition) is 2. The van der Waals surface area contributed by atoms with Crippen LogP contribution in [0.25, 0.3) is 11.3 Å². The monoisotopic (exact) mass is 407 g/mol. The lowest BCUT2D eigenvalue weighted by Gasteiger charge is -2.19. The maximum Gasteiger partial charge on any atom is 0.251 e. The molecule has 0 unspecified atom stereocenters. The quantitative estimate of drug-likeness (QED) is 0.634. The number of nitrogens with zero attached hydrogens (tertiary/aromatic N) is 1. The number of rotatable bonds is 5. The van der Waals surface area contributed by atoms with E-state index in [1.54, 1.807) is 19.1 Å². The summed E-state index contributed by atoms with van der Waals surface area (Å²) < 4.78 is 0. The molecule has 0 aliphatic heterocycles. The molecule has 0 saturated carbocycles. The van der Waals surface area contributed by atoms with Crippen molar-refractivity contribution in [3.8, 4) is 11.3 Å². The topological polar surface area (TPSA) is 71.1 Å². The standard InChI is InChI=1S/C23H25N3O2S/c1-15(24-21(28)17-10-12-18(13-11-17)23(2,3)4)20(27)26-22-25-19(14-29-22)16-8-6-5-7-9-16/h5-15H,1-4H3,(H,24,28)(H,25,26,27)/t15-/m0/s1. The highest BCUT2D eigenvalue weighted by atomic mass is 32.1. The van der Waals surface area contributed by atoms with E-state index in [0.717, 1.165) is 16.8 Å². The van der Waals surface area contributed by atoms with Gasteiger partial charge in [0.05, 0.1) is 5.69 Å². The lowest BCUT2D eigenvalue weighted by molar-refractivity contribution is -0.117. The molecule has 0 spiro atoms. The fourth-order valence-corrected chi connectivity index (χ4v) is 3.48. The van der Waals surface area contributed by atoms with Gasteiger partial charge in [-0.1, -0.05) is 63.2 Å². The minimum absolute atomic E-state index is 0.0223. The lowest BCUT2D eigenvalue weighted by atomic mass is 9.86. The van der Waals surface area contributed by atoms with Crippen LogP contribution < -0.4 is 10.6 Å². The van der Waals surface area contributed by atoms with Crippen molar-refractivity contribution >= 4 is 28.3 Å². The molecule has 2 amide bonds. The molecule has 0 fully saturated rings. The molecule has 3 aromatic rings. The van der Waals surface area contributed by atoms with Crippen molar-refractivity contribution in [2.45, 2.75) is 39.2 Å². The molecule has 5 nitrogen and oxygen atoms in total. The number of carbonyl (C=O) groups is 2. The first-order valence-electron chi connectivity index (χ1n) is 9.47. The summed E-state index contributed by atoms with van der Waals surface area (Å²) >= 11 is 1.35. The van der Waals surface area contributed by atoms with Crippen LogP contribution in [0.3, 0.4) is 0 Å². The maximum atomic E-state index is 12.5. The molecular formula is C23H25N3O2S. The van der Waals surface area contributed by atoms with Crippen LogP contribution in [0.1, 0.15) is 43.6 Å². The number of thiazole rings is 1. The first kappa shape index (κ1) is 20.7. The summed E-state index contributed by atoms with van der Waals surface area (Å²) in [7, 11) is 0. The highest BCUT2D eigenvalue weighted by Gasteiger charge is 2.19. The average molecular weight is 408 g/mol. The van der Waals surface area contributed by atoms with Crippen LogP contribution >= 0.6 is 11.3 Å². The Bertz CT molecular complexity index is 989. The minimum atomic E-state index is -0.686. The van der Waals surface area contributed by atoms with Crippen molar-refractivity contribution in [1.82, 2.24) is 10.3 Å². The maximum absolute atomic E-state index is 12.5. The van der Waals surface area contributed by atoms with E-state index in [1.165, 1.54) is 11.3 Å². The molecule has 29 heavy (non-hydrogen) atoms. The van der Waals surface area contributed by atoms with Crippen molar-refractivity contribution in [3.63, 3.8) is 0 Å². The van der Waals surface area contributed by atoms with Gasteiger partial charge in [0.15, 0.2) is 5.13 Å². The Kier molecular flexibility index (Phi) is 6.13. The second-order valence-electron chi connectivity index (χ2n) is 7.92. The van der Waals surface area contributed by atoms with Crippen molar-refractivity contribution in [1.29, 1.82) is 0 Å². The molecule has 2 N–H and O–H groups in total. The third-order valence-electron chi connectivity index (χ3n) is 4.56. The Balaban J connectivity index is 1.59. The van der Waals surface area contributed by atoms with Crippen molar-refractivity contribution in [2.75, 3.05) is 5.32 Å². The van der Waals surface area contributed by atoms with Gasteiger partial charge in [0.1, 0.15) is 6.04 Å². The molecule has 1 heterocycles. The molecular weight excluding hydrogens is 382 g/mol. The van der Waals surface area contributed by atoms with Crippen LogP contribution in [-0.4, -0.2) is 22.8 Å². The Hall–Kier alpha value is -2.99. The van der Waals surface area contributed by atoms with Gasteiger partial charge in [-0.25, -0.2) is 4.98 Å². The number of hydrogen-bond acceptors (Lipinski definition) is 4. The van der Waals surface area contributed by atoms with Crippen LogP contribution in [0.5, 0.6) is 0 Å². The zero-order chi connectivity index (χ0) is 21.0. The number of aromatic nitrogens is 1. The molecule has 1 aromatic heterocycles. The summed E-state index contributed by atoms with van der Waals surface area (Å²) in [6.07, 6.45) is 0. The van der Waals surface area contributed by atoms with Crippen molar-refractivity contribution in [2.24, 2.45) is 0 Å². The number of anilines is 1. The zero-order valence-corrected chi connectivity index (χ0v) is 17.8. The summed E-state index contributed by atoms with van der Waals surface area (Å²) in [4.78, 5) is 29.4. The third-order valence-corrected chi connectivity index (χ3v) is 5.32. The normalized spacial score (nSPS) is 12.3. The fraction of sp³-hybridized carbons (Fsp3) is 0.261. The summed E-state index contributed by atoms with van der Waals surface area (Å²) in [5.41, 5.74) is 3.50. The van der Waals surface area contributed by atoms with Crippen molar-refractivity contribution in [3.05, 3.63) is 71.1 Å². The van der Waals surface area contributed by atoms with Gasteiger partial charge in [-0.3, -0.25) is 9.59 Å². The molecule has 0 saturated heterocycles. The van der Waals surface area contributed by atoms with E-state index >= 15 is 0 Å². The second-order valence-corrected chi connectivity index (χ2v) is 8.77. The Morgan fingerprint density at radius 3 is 2.28 bits per heavy atom. The van der Waals surface area contributed by atoms with Crippen LogP contribution in [0.15, 0.2) is 60.0 Å². The molecule has 0 aliphatic rings. The highest BCUT2D eigenvalue weighted by molar-refractivity contribution is 7.14. The summed E-state index contributed by atoms with van der Waals surface area (Å²) in [5.74, 6) is -0.587. The molecule has 3 rings (SSSR count). The molecule has 1 atom stereocenters. The summed E-state index contributed by atoms with van der Waals surface area (Å²) in [6, 6.07) is 16.5. The zero-order valence-electron chi connectivity index (χ0n) is 17.0. The van der Waals surface area contributed by atoms with E-state index in [0.29, 0.717) is 10.7 Å². The van der Waals surface area contributed by atoms with Gasteiger partial charge in [0.2, 0.25) is 5.91 Å². The smallest absolute Gasteiger partial charge is 0.251 e. The molecule has 6 heteroatoms. The highest BCUT2D eigenvalue weighted by Crippen LogP contribution is 2.25. The Morgan fingerprint density at radius 2 is 1.66 bits per heavy atom. The summed E-state index contributed by atoms with van der Waals surface area (Å²) in [6.45, 7) is 8.02. The van der Waals surface area contributed by atoms with Crippen molar-refractivity contribution < 1.29 is 9.59 Å². The number of nitrogens with one attached hydrogen (secondary N) is 2. The van der Waals surface area contributed by atoms with E-state index in [4.69, 9.17) is 0 Å². The lowest BCUT2D eigenvalue weighted by Crippen LogP contribution is -2.41. The van der Waals surface area contributed by atoms with E-state index in [1.807, 2.05) is 47.8 Å². The van der Waals surface area contributed by atoms with Gasteiger partial charge in [-0.15, -0.1) is 11.3 Å².